The molecule has 0 aliphatic carbocycles. The van der Waals surface area contributed by atoms with Gasteiger partial charge in [0.25, 0.3) is 0 Å². The van der Waals surface area contributed by atoms with Crippen molar-refractivity contribution in [2.45, 2.75) is 57.3 Å². The molecule has 2 rings (SSSR count). The summed E-state index contributed by atoms with van der Waals surface area (Å²) in [5, 5.41) is 0. The van der Waals surface area contributed by atoms with Gasteiger partial charge in [-0.1, -0.05) is 0 Å². The van der Waals surface area contributed by atoms with Crippen molar-refractivity contribution in [3.8, 4) is 0 Å². The van der Waals surface area contributed by atoms with Crippen LogP contribution in [0.4, 0.5) is 0 Å². The molecule has 0 bridgehead atoms. The van der Waals surface area contributed by atoms with Crippen molar-refractivity contribution in [1.82, 2.24) is 4.90 Å². The fraction of sp³-hybridized carbons (Fsp3) is 1.00. The maximum Gasteiger partial charge on any atom is 0.0568 e. The number of nitrogens with zero attached hydrogens (tertiary/aromatic N) is 1. The van der Waals surface area contributed by atoms with Crippen molar-refractivity contribution < 1.29 is 9.47 Å². The zero-order valence-electron chi connectivity index (χ0n) is 12.7. The molecule has 0 spiro atoms. The Kier molecular flexibility index (Phi) is 5.23. The lowest BCUT2D eigenvalue weighted by molar-refractivity contribution is -0.102. The van der Waals surface area contributed by atoms with Crippen molar-refractivity contribution >= 4 is 0 Å². The van der Waals surface area contributed by atoms with E-state index in [2.05, 4.69) is 25.8 Å². The Labute approximate surface area is 117 Å². The highest BCUT2D eigenvalue weighted by Crippen LogP contribution is 2.33. The summed E-state index contributed by atoms with van der Waals surface area (Å²) in [6.07, 6.45) is 5.09. The highest BCUT2D eigenvalue weighted by atomic mass is 16.5. The average molecular weight is 270 g/mol. The fourth-order valence-electron chi connectivity index (χ4n) is 3.79. The van der Waals surface area contributed by atoms with Crippen LogP contribution >= 0.6 is 0 Å². The predicted octanol–water partition coefficient (Wildman–Crippen LogP) is 1.63. The molecular formula is C15H30N2O2. The van der Waals surface area contributed by atoms with E-state index in [1.165, 1.54) is 12.8 Å². The van der Waals surface area contributed by atoms with Gasteiger partial charge in [-0.25, -0.2) is 0 Å². The second-order valence-electron chi connectivity index (χ2n) is 6.53. The van der Waals surface area contributed by atoms with Crippen molar-refractivity contribution in [1.29, 1.82) is 0 Å². The van der Waals surface area contributed by atoms with Crippen molar-refractivity contribution in [2.75, 3.05) is 33.4 Å². The molecule has 2 aliphatic heterocycles. The molecule has 19 heavy (non-hydrogen) atoms. The number of ether oxygens (including phenoxy) is 2. The van der Waals surface area contributed by atoms with Gasteiger partial charge >= 0.3 is 0 Å². The Hall–Kier alpha value is -0.160. The highest BCUT2D eigenvalue weighted by molar-refractivity contribution is 4.97. The lowest BCUT2D eigenvalue weighted by atomic mass is 9.82. The van der Waals surface area contributed by atoms with E-state index >= 15 is 0 Å². The molecule has 2 heterocycles. The van der Waals surface area contributed by atoms with E-state index in [4.69, 9.17) is 15.2 Å². The molecule has 0 amide bonds. The smallest absolute Gasteiger partial charge is 0.0568 e. The van der Waals surface area contributed by atoms with Crippen LogP contribution in [0.3, 0.4) is 0 Å². The lowest BCUT2D eigenvalue weighted by Crippen LogP contribution is -2.59. The largest absolute Gasteiger partial charge is 0.381 e. The molecule has 2 N–H and O–H groups in total. The van der Waals surface area contributed by atoms with Gasteiger partial charge in [0.15, 0.2) is 0 Å². The van der Waals surface area contributed by atoms with Crippen molar-refractivity contribution in [3.63, 3.8) is 0 Å². The number of nitrogens with two attached hydrogens (primary N) is 1. The van der Waals surface area contributed by atoms with E-state index in [0.717, 1.165) is 45.1 Å². The molecule has 112 valence electrons. The van der Waals surface area contributed by atoms with Gasteiger partial charge in [-0.3, -0.25) is 4.90 Å². The fourth-order valence-corrected chi connectivity index (χ4v) is 3.79. The van der Waals surface area contributed by atoms with Gasteiger partial charge < -0.3 is 15.2 Å². The van der Waals surface area contributed by atoms with Crippen LogP contribution < -0.4 is 5.73 Å². The summed E-state index contributed by atoms with van der Waals surface area (Å²) in [6, 6.07) is 0. The Morgan fingerprint density at radius 3 is 2.26 bits per heavy atom. The SMILES string of the molecule is CC1CC(CN)(N(C)CC2CCOCC2)CC(C)O1. The van der Waals surface area contributed by atoms with Crippen LogP contribution in [0.5, 0.6) is 0 Å². The van der Waals surface area contributed by atoms with Crippen LogP contribution in [0, 0.1) is 5.92 Å². The van der Waals surface area contributed by atoms with Crippen LogP contribution in [0.1, 0.15) is 39.5 Å². The Morgan fingerprint density at radius 2 is 1.74 bits per heavy atom. The molecule has 2 unspecified atom stereocenters. The van der Waals surface area contributed by atoms with Crippen LogP contribution in [0.25, 0.3) is 0 Å². The monoisotopic (exact) mass is 270 g/mol. The van der Waals surface area contributed by atoms with Gasteiger partial charge in [0, 0.05) is 31.8 Å². The maximum atomic E-state index is 6.15. The number of likely N-dealkylation sites (N-methyl/N-ethyl adjacent to an activating group) is 1. The molecule has 0 aromatic heterocycles. The normalized spacial score (nSPS) is 37.7. The van der Waals surface area contributed by atoms with E-state index in [1.807, 2.05) is 0 Å². The third-order valence-electron chi connectivity index (χ3n) is 4.86. The molecule has 2 aliphatic rings. The van der Waals surface area contributed by atoms with Gasteiger partial charge in [0.05, 0.1) is 12.2 Å². The molecule has 0 aromatic carbocycles. The second-order valence-corrected chi connectivity index (χ2v) is 6.53. The zero-order chi connectivity index (χ0) is 13.9. The van der Waals surface area contributed by atoms with Crippen molar-refractivity contribution in [3.05, 3.63) is 0 Å². The van der Waals surface area contributed by atoms with Gasteiger partial charge in [0.1, 0.15) is 0 Å². The molecule has 0 aromatic rings. The summed E-state index contributed by atoms with van der Waals surface area (Å²) < 4.78 is 11.3. The summed E-state index contributed by atoms with van der Waals surface area (Å²) >= 11 is 0. The summed E-state index contributed by atoms with van der Waals surface area (Å²) in [6.45, 7) is 8.05. The molecule has 0 saturated carbocycles. The zero-order valence-corrected chi connectivity index (χ0v) is 12.7. The summed E-state index contributed by atoms with van der Waals surface area (Å²) in [4.78, 5) is 2.51. The first kappa shape index (κ1) is 15.2. The second kappa shape index (κ2) is 6.53. The number of hydrogen-bond acceptors (Lipinski definition) is 4. The van der Waals surface area contributed by atoms with E-state index in [-0.39, 0.29) is 5.54 Å². The number of hydrogen-bond donors (Lipinski definition) is 1. The van der Waals surface area contributed by atoms with Gasteiger partial charge in [-0.05, 0) is 52.5 Å². The molecule has 2 fully saturated rings. The van der Waals surface area contributed by atoms with Crippen molar-refractivity contribution in [2.24, 2.45) is 11.7 Å². The first-order valence-corrected chi connectivity index (χ1v) is 7.70. The van der Waals surface area contributed by atoms with E-state index in [9.17, 15) is 0 Å². The first-order chi connectivity index (χ1) is 9.05. The third-order valence-corrected chi connectivity index (χ3v) is 4.86. The molecule has 4 nitrogen and oxygen atoms in total. The van der Waals surface area contributed by atoms with E-state index in [1.54, 1.807) is 0 Å². The Bertz CT molecular complexity index is 269. The van der Waals surface area contributed by atoms with Gasteiger partial charge in [0.2, 0.25) is 0 Å². The van der Waals surface area contributed by atoms with Gasteiger partial charge in [-0.2, -0.15) is 0 Å². The summed E-state index contributed by atoms with van der Waals surface area (Å²) in [7, 11) is 2.24. The molecule has 4 heteroatoms. The van der Waals surface area contributed by atoms with E-state index in [0.29, 0.717) is 12.2 Å². The average Bonchev–Trinajstić information content (AvgIpc) is 2.38. The van der Waals surface area contributed by atoms with Crippen LogP contribution in [-0.4, -0.2) is 56.0 Å². The molecule has 2 atom stereocenters. The Morgan fingerprint density at radius 1 is 1.16 bits per heavy atom. The topological polar surface area (TPSA) is 47.7 Å². The quantitative estimate of drug-likeness (QED) is 0.843. The Balaban J connectivity index is 1.98. The van der Waals surface area contributed by atoms with Crippen LogP contribution in [-0.2, 0) is 9.47 Å². The molecular weight excluding hydrogens is 240 g/mol. The minimum absolute atomic E-state index is 0.120. The predicted molar refractivity (Wildman–Crippen MR) is 77.2 cm³/mol. The molecule has 0 radical (unpaired) electrons. The highest BCUT2D eigenvalue weighted by Gasteiger charge is 2.41. The third kappa shape index (κ3) is 3.69. The standard InChI is InChI=1S/C15H30N2O2/c1-12-8-15(11-16,9-13(2)19-12)17(3)10-14-4-6-18-7-5-14/h12-14H,4-11,16H2,1-3H3. The van der Waals surface area contributed by atoms with E-state index < -0.39 is 0 Å². The van der Waals surface area contributed by atoms with Gasteiger partial charge in [-0.15, -0.1) is 0 Å². The lowest BCUT2D eigenvalue weighted by Gasteiger charge is -2.49. The summed E-state index contributed by atoms with van der Waals surface area (Å²) in [5.41, 5.74) is 6.27. The first-order valence-electron chi connectivity index (χ1n) is 7.70. The van der Waals surface area contributed by atoms with Crippen LogP contribution in [0.15, 0.2) is 0 Å². The number of rotatable bonds is 4. The minimum Gasteiger partial charge on any atom is -0.381 e. The molecule has 2 saturated heterocycles. The van der Waals surface area contributed by atoms with Crippen LogP contribution in [0.2, 0.25) is 0 Å². The maximum absolute atomic E-state index is 6.15. The minimum atomic E-state index is 0.120. The summed E-state index contributed by atoms with van der Waals surface area (Å²) in [5.74, 6) is 0.760.